The number of nitrogens with zero attached hydrogens (tertiary/aromatic N) is 3. The smallest absolute Gasteiger partial charge is 0.410 e. The first-order valence-corrected chi connectivity index (χ1v) is 9.49. The Balaban J connectivity index is 1.43. The Kier molecular flexibility index (Phi) is 5.49. The van der Waals surface area contributed by atoms with Crippen LogP contribution in [-0.2, 0) is 14.3 Å². The standard InChI is InChI=1S/C18H29N3O4/c1-19-14-18(25-17(19)24)8-5-12-21(13-9-18)16(23)7-4-11-20-10-3-2-6-15(20)22/h2-14H2,1H3. The molecule has 25 heavy (non-hydrogen) atoms. The molecule has 0 bridgehead atoms. The van der Waals surface area contributed by atoms with Gasteiger partial charge in [0.2, 0.25) is 11.8 Å². The van der Waals surface area contributed by atoms with Crippen LogP contribution in [0.3, 0.4) is 0 Å². The predicted octanol–water partition coefficient (Wildman–Crippen LogP) is 1.61. The van der Waals surface area contributed by atoms with Crippen molar-refractivity contribution in [1.29, 1.82) is 0 Å². The molecule has 1 atom stereocenters. The number of rotatable bonds is 4. The normalized spacial score (nSPS) is 27.6. The fourth-order valence-electron chi connectivity index (χ4n) is 4.15. The van der Waals surface area contributed by atoms with Crippen LogP contribution in [0.2, 0.25) is 0 Å². The van der Waals surface area contributed by atoms with Gasteiger partial charge in [0.1, 0.15) is 5.60 Å². The Morgan fingerprint density at radius 2 is 1.96 bits per heavy atom. The van der Waals surface area contributed by atoms with Gasteiger partial charge in [0, 0.05) is 52.5 Å². The maximum atomic E-state index is 12.5. The van der Waals surface area contributed by atoms with Gasteiger partial charge in [-0.05, 0) is 32.1 Å². The number of carbonyl (C=O) groups is 3. The van der Waals surface area contributed by atoms with Crippen molar-refractivity contribution in [2.24, 2.45) is 0 Å². The molecular weight excluding hydrogens is 322 g/mol. The van der Waals surface area contributed by atoms with Crippen LogP contribution in [0.5, 0.6) is 0 Å². The van der Waals surface area contributed by atoms with E-state index in [4.69, 9.17) is 4.74 Å². The van der Waals surface area contributed by atoms with Crippen molar-refractivity contribution >= 4 is 17.9 Å². The predicted molar refractivity (Wildman–Crippen MR) is 91.9 cm³/mol. The lowest BCUT2D eigenvalue weighted by atomic mass is 9.95. The molecule has 0 aliphatic carbocycles. The lowest BCUT2D eigenvalue weighted by Crippen LogP contribution is -2.38. The first kappa shape index (κ1) is 18.0. The van der Waals surface area contributed by atoms with E-state index in [0.717, 1.165) is 45.2 Å². The van der Waals surface area contributed by atoms with E-state index in [1.165, 1.54) is 0 Å². The highest BCUT2D eigenvalue weighted by Gasteiger charge is 2.44. The molecule has 3 aliphatic heterocycles. The minimum atomic E-state index is -0.416. The number of hydrogen-bond acceptors (Lipinski definition) is 4. The van der Waals surface area contributed by atoms with Crippen molar-refractivity contribution in [3.05, 3.63) is 0 Å². The number of ether oxygens (including phenoxy) is 1. The summed E-state index contributed by atoms with van der Waals surface area (Å²) in [6.45, 7) is 3.50. The number of piperidine rings is 1. The molecule has 3 saturated heterocycles. The molecule has 3 heterocycles. The van der Waals surface area contributed by atoms with Gasteiger partial charge in [-0.2, -0.15) is 0 Å². The molecule has 3 amide bonds. The van der Waals surface area contributed by atoms with Crippen LogP contribution in [0.25, 0.3) is 0 Å². The molecule has 1 unspecified atom stereocenters. The summed E-state index contributed by atoms with van der Waals surface area (Å²) < 4.78 is 5.59. The fraction of sp³-hybridized carbons (Fsp3) is 0.833. The number of carbonyl (C=O) groups excluding carboxylic acids is 3. The zero-order chi connectivity index (χ0) is 17.9. The monoisotopic (exact) mass is 351 g/mol. The Bertz CT molecular complexity index is 538. The topological polar surface area (TPSA) is 70.2 Å². The molecule has 3 aliphatic rings. The number of amides is 3. The Hall–Kier alpha value is -1.79. The maximum absolute atomic E-state index is 12.5. The van der Waals surface area contributed by atoms with Gasteiger partial charge in [-0.25, -0.2) is 4.79 Å². The highest BCUT2D eigenvalue weighted by Crippen LogP contribution is 2.32. The van der Waals surface area contributed by atoms with Gasteiger partial charge >= 0.3 is 6.09 Å². The van der Waals surface area contributed by atoms with Crippen molar-refractivity contribution in [2.45, 2.75) is 57.0 Å². The van der Waals surface area contributed by atoms with Gasteiger partial charge in [0.25, 0.3) is 0 Å². The lowest BCUT2D eigenvalue weighted by molar-refractivity contribution is -0.135. The van der Waals surface area contributed by atoms with Gasteiger partial charge in [-0.3, -0.25) is 9.59 Å². The summed E-state index contributed by atoms with van der Waals surface area (Å²) in [7, 11) is 1.76. The van der Waals surface area contributed by atoms with Gasteiger partial charge in [0.05, 0.1) is 6.54 Å². The molecule has 0 N–H and O–H groups in total. The van der Waals surface area contributed by atoms with E-state index in [1.54, 1.807) is 11.9 Å². The first-order chi connectivity index (χ1) is 12.0. The first-order valence-electron chi connectivity index (χ1n) is 9.49. The SMILES string of the molecule is CN1CC2(CCCN(C(=O)CCCN3CCCCC3=O)CC2)OC1=O. The third-order valence-corrected chi connectivity index (χ3v) is 5.63. The largest absolute Gasteiger partial charge is 0.441 e. The number of likely N-dealkylation sites (N-methyl/N-ethyl adjacent to an activating group) is 1. The van der Waals surface area contributed by atoms with E-state index in [2.05, 4.69) is 0 Å². The molecule has 140 valence electrons. The summed E-state index contributed by atoms with van der Waals surface area (Å²) in [6, 6.07) is 0. The second-order valence-corrected chi connectivity index (χ2v) is 7.58. The molecule has 0 aromatic carbocycles. The molecule has 3 fully saturated rings. The quantitative estimate of drug-likeness (QED) is 0.772. The van der Waals surface area contributed by atoms with Crippen molar-refractivity contribution in [2.75, 3.05) is 39.8 Å². The average molecular weight is 351 g/mol. The lowest BCUT2D eigenvalue weighted by Gasteiger charge is -2.27. The van der Waals surface area contributed by atoms with E-state index in [0.29, 0.717) is 38.9 Å². The van der Waals surface area contributed by atoms with Gasteiger partial charge in [-0.1, -0.05) is 0 Å². The molecule has 0 aromatic heterocycles. The van der Waals surface area contributed by atoms with Gasteiger partial charge in [0.15, 0.2) is 0 Å². The van der Waals surface area contributed by atoms with Crippen LogP contribution in [0.15, 0.2) is 0 Å². The second kappa shape index (κ2) is 7.62. The van der Waals surface area contributed by atoms with E-state index >= 15 is 0 Å². The zero-order valence-corrected chi connectivity index (χ0v) is 15.2. The molecule has 0 saturated carbocycles. The van der Waals surface area contributed by atoms with Crippen molar-refractivity contribution < 1.29 is 19.1 Å². The Morgan fingerprint density at radius 1 is 1.12 bits per heavy atom. The van der Waals surface area contributed by atoms with Crippen molar-refractivity contribution in [3.63, 3.8) is 0 Å². The van der Waals surface area contributed by atoms with Crippen LogP contribution in [0, 0.1) is 0 Å². The molecule has 7 heteroatoms. The third kappa shape index (κ3) is 4.25. The summed E-state index contributed by atoms with van der Waals surface area (Å²) >= 11 is 0. The highest BCUT2D eigenvalue weighted by molar-refractivity contribution is 5.77. The van der Waals surface area contributed by atoms with E-state index < -0.39 is 5.60 Å². The van der Waals surface area contributed by atoms with E-state index in [9.17, 15) is 14.4 Å². The Morgan fingerprint density at radius 3 is 2.68 bits per heavy atom. The maximum Gasteiger partial charge on any atom is 0.410 e. The summed E-state index contributed by atoms with van der Waals surface area (Å²) in [5.41, 5.74) is -0.416. The summed E-state index contributed by atoms with van der Waals surface area (Å²) in [4.78, 5) is 41.4. The van der Waals surface area contributed by atoms with Crippen molar-refractivity contribution in [1.82, 2.24) is 14.7 Å². The summed E-state index contributed by atoms with van der Waals surface area (Å²) in [6.07, 6.45) is 6.04. The minimum Gasteiger partial charge on any atom is -0.441 e. The summed E-state index contributed by atoms with van der Waals surface area (Å²) in [5, 5.41) is 0. The molecule has 0 radical (unpaired) electrons. The van der Waals surface area contributed by atoms with Crippen LogP contribution >= 0.6 is 0 Å². The van der Waals surface area contributed by atoms with Crippen LogP contribution in [0.1, 0.15) is 51.4 Å². The molecule has 3 rings (SSSR count). The Labute approximate surface area is 149 Å². The number of likely N-dealkylation sites (tertiary alicyclic amines) is 2. The van der Waals surface area contributed by atoms with Crippen LogP contribution in [-0.4, -0.2) is 78.0 Å². The number of hydrogen-bond donors (Lipinski definition) is 0. The molecular formula is C18H29N3O4. The molecule has 0 aromatic rings. The minimum absolute atomic E-state index is 0.152. The average Bonchev–Trinajstić information content (AvgIpc) is 2.74. The van der Waals surface area contributed by atoms with E-state index in [1.807, 2.05) is 9.80 Å². The van der Waals surface area contributed by atoms with Crippen LogP contribution < -0.4 is 0 Å². The third-order valence-electron chi connectivity index (χ3n) is 5.63. The molecule has 1 spiro atoms. The van der Waals surface area contributed by atoms with Gasteiger partial charge in [-0.15, -0.1) is 0 Å². The molecule has 7 nitrogen and oxygen atoms in total. The van der Waals surface area contributed by atoms with Crippen molar-refractivity contribution in [3.8, 4) is 0 Å². The highest BCUT2D eigenvalue weighted by atomic mass is 16.6. The van der Waals surface area contributed by atoms with E-state index in [-0.39, 0.29) is 17.9 Å². The van der Waals surface area contributed by atoms with Crippen LogP contribution in [0.4, 0.5) is 4.79 Å². The second-order valence-electron chi connectivity index (χ2n) is 7.58. The zero-order valence-electron chi connectivity index (χ0n) is 15.2. The fourth-order valence-corrected chi connectivity index (χ4v) is 4.15. The summed E-state index contributed by atoms with van der Waals surface area (Å²) in [5.74, 6) is 0.377. The van der Waals surface area contributed by atoms with Gasteiger partial charge < -0.3 is 19.4 Å².